The number of hydrogen-bond donors (Lipinski definition) is 1. The van der Waals surface area contributed by atoms with Crippen molar-refractivity contribution in [2.45, 2.75) is 0 Å². The molecule has 0 aromatic carbocycles. The molecular formula is C4H6NO. The molecule has 0 atom stereocenters. The van der Waals surface area contributed by atoms with Gasteiger partial charge in [0, 0.05) is 0 Å². The fraction of sp³-hybridized carbons (Fsp3) is 0. The minimum absolute atomic E-state index is 0.454. The Morgan fingerprint density at radius 3 is 2.33 bits per heavy atom. The van der Waals surface area contributed by atoms with Crippen LogP contribution in [0.1, 0.15) is 0 Å². The zero-order chi connectivity index (χ0) is 4.99. The van der Waals surface area contributed by atoms with Crippen LogP contribution < -0.4 is 5.73 Å². The highest BCUT2D eigenvalue weighted by atomic mass is 16.2. The largest absolute Gasteiger partial charge is 0.369 e. The maximum Gasteiger partial charge on any atom is 0.225 e. The smallest absolute Gasteiger partial charge is 0.225 e. The van der Waals surface area contributed by atoms with Crippen LogP contribution in [0.2, 0.25) is 0 Å². The Morgan fingerprint density at radius 2 is 2.33 bits per heavy atom. The third-order valence-electron chi connectivity index (χ3n) is 0.282. The predicted molar refractivity (Wildman–Crippen MR) is 23.7 cm³/mol. The van der Waals surface area contributed by atoms with Gasteiger partial charge in [0.2, 0.25) is 5.91 Å². The molecule has 0 aliphatic carbocycles. The van der Waals surface area contributed by atoms with Gasteiger partial charge in [-0.05, 0) is 0 Å². The maximum atomic E-state index is 9.69. The van der Waals surface area contributed by atoms with Crippen molar-refractivity contribution in [2.75, 3.05) is 0 Å². The van der Waals surface area contributed by atoms with E-state index in [1.54, 1.807) is 0 Å². The molecule has 0 aliphatic heterocycles. The van der Waals surface area contributed by atoms with Crippen molar-refractivity contribution < 1.29 is 4.79 Å². The lowest BCUT2D eigenvalue weighted by molar-refractivity contribution is -0.114. The SMILES string of the molecule is C=C[CH][13C](N)=O. The first kappa shape index (κ1) is 5.21. The highest BCUT2D eigenvalue weighted by Gasteiger charge is 1.81. The van der Waals surface area contributed by atoms with Gasteiger partial charge < -0.3 is 5.73 Å². The number of carbonyl (C=O) groups excluding carboxylic acids is 1. The van der Waals surface area contributed by atoms with E-state index in [1.807, 2.05) is 0 Å². The Bertz CT molecular complexity index is 67.9. The van der Waals surface area contributed by atoms with Crippen molar-refractivity contribution in [3.05, 3.63) is 19.1 Å². The molecule has 0 bridgehead atoms. The topological polar surface area (TPSA) is 43.1 Å². The number of primary amides is 1. The molecule has 0 aromatic rings. The average Bonchev–Trinajstić information content (AvgIpc) is 1.35. The molecule has 1 radical (unpaired) electrons. The number of nitrogens with two attached hydrogens (primary N) is 1. The fourth-order valence-corrected chi connectivity index (χ4v) is 0.116. The number of amides is 1. The lowest BCUT2D eigenvalue weighted by Gasteiger charge is -1.75. The van der Waals surface area contributed by atoms with Gasteiger partial charge in [-0.25, -0.2) is 0 Å². The van der Waals surface area contributed by atoms with Crippen molar-refractivity contribution in [2.24, 2.45) is 5.73 Å². The van der Waals surface area contributed by atoms with Crippen LogP contribution in [0.5, 0.6) is 0 Å². The maximum absolute atomic E-state index is 9.69. The lowest BCUT2D eigenvalue weighted by Crippen LogP contribution is -2.08. The summed E-state index contributed by atoms with van der Waals surface area (Å²) < 4.78 is 0. The second kappa shape index (κ2) is 2.45. The van der Waals surface area contributed by atoms with Crippen LogP contribution in [0.15, 0.2) is 12.7 Å². The first-order valence-electron chi connectivity index (χ1n) is 1.52. The van der Waals surface area contributed by atoms with Gasteiger partial charge in [-0.2, -0.15) is 0 Å². The minimum Gasteiger partial charge on any atom is -0.369 e. The first-order chi connectivity index (χ1) is 2.77. The van der Waals surface area contributed by atoms with Crippen molar-refractivity contribution in [1.82, 2.24) is 0 Å². The van der Waals surface area contributed by atoms with Crippen LogP contribution in [0.25, 0.3) is 0 Å². The standard InChI is InChI=1S/C4H6NO/c1-2-3-4(5)6/h2-3H,1H2,(H2,5,6)/i4+1. The van der Waals surface area contributed by atoms with Crippen LogP contribution in [0, 0.1) is 6.42 Å². The number of carbonyl (C=O) groups is 1. The normalized spacial score (nSPS) is 7.33. The molecule has 0 fully saturated rings. The van der Waals surface area contributed by atoms with E-state index in [1.165, 1.54) is 12.5 Å². The predicted octanol–water partition coefficient (Wildman–Crippen LogP) is -0.138. The Kier molecular flexibility index (Phi) is 2.13. The molecule has 1 amide bonds. The van der Waals surface area contributed by atoms with Crippen LogP contribution >= 0.6 is 0 Å². The zero-order valence-corrected chi connectivity index (χ0v) is 3.35. The quantitative estimate of drug-likeness (QED) is 0.466. The molecule has 0 aliphatic rings. The van der Waals surface area contributed by atoms with Crippen molar-refractivity contribution >= 4 is 5.91 Å². The van der Waals surface area contributed by atoms with Gasteiger partial charge in [0.15, 0.2) is 0 Å². The van der Waals surface area contributed by atoms with E-state index >= 15 is 0 Å². The molecule has 0 unspecified atom stereocenters. The monoisotopic (exact) mass is 85.0 g/mol. The summed E-state index contributed by atoms with van der Waals surface area (Å²) in [6.07, 6.45) is 2.54. The summed E-state index contributed by atoms with van der Waals surface area (Å²) in [5, 5.41) is 0. The second-order valence-electron chi connectivity index (χ2n) is 0.805. The van der Waals surface area contributed by atoms with E-state index < -0.39 is 5.91 Å². The van der Waals surface area contributed by atoms with Crippen LogP contribution in [-0.2, 0) is 4.79 Å². The molecule has 6 heavy (non-hydrogen) atoms. The summed E-state index contributed by atoms with van der Waals surface area (Å²) >= 11 is 0. The van der Waals surface area contributed by atoms with Gasteiger partial charge in [-0.1, -0.05) is 6.08 Å². The van der Waals surface area contributed by atoms with E-state index in [4.69, 9.17) is 0 Å². The number of rotatable bonds is 2. The highest BCUT2D eigenvalue weighted by Crippen LogP contribution is 1.68. The Hall–Kier alpha value is -0.790. The van der Waals surface area contributed by atoms with Gasteiger partial charge in [-0.3, -0.25) is 4.79 Å². The van der Waals surface area contributed by atoms with Crippen molar-refractivity contribution in [1.29, 1.82) is 0 Å². The van der Waals surface area contributed by atoms with Crippen molar-refractivity contribution in [3.8, 4) is 0 Å². The van der Waals surface area contributed by atoms with E-state index in [9.17, 15) is 4.79 Å². The fourth-order valence-electron chi connectivity index (χ4n) is 0.116. The van der Waals surface area contributed by atoms with Gasteiger partial charge in [0.25, 0.3) is 0 Å². The summed E-state index contributed by atoms with van der Waals surface area (Å²) in [5.74, 6) is -0.454. The molecule has 2 nitrogen and oxygen atoms in total. The highest BCUT2D eigenvalue weighted by molar-refractivity contribution is 5.84. The third-order valence-corrected chi connectivity index (χ3v) is 0.282. The minimum atomic E-state index is -0.454. The molecule has 2 heteroatoms. The Morgan fingerprint density at radius 1 is 1.83 bits per heavy atom. The molecular weight excluding hydrogens is 79.0 g/mol. The summed E-state index contributed by atoms with van der Waals surface area (Å²) in [6, 6.07) is 0. The summed E-state index contributed by atoms with van der Waals surface area (Å²) in [6.45, 7) is 3.24. The zero-order valence-electron chi connectivity index (χ0n) is 3.35. The lowest BCUT2D eigenvalue weighted by atomic mass is 10.6. The van der Waals surface area contributed by atoms with Gasteiger partial charge in [-0.15, -0.1) is 6.58 Å². The van der Waals surface area contributed by atoms with E-state index in [0.717, 1.165) is 0 Å². The van der Waals surface area contributed by atoms with Gasteiger partial charge >= 0.3 is 0 Å². The van der Waals surface area contributed by atoms with Crippen LogP contribution in [-0.4, -0.2) is 5.91 Å². The van der Waals surface area contributed by atoms with E-state index in [2.05, 4.69) is 12.3 Å². The molecule has 0 saturated heterocycles. The van der Waals surface area contributed by atoms with Gasteiger partial charge in [0.1, 0.15) is 0 Å². The van der Waals surface area contributed by atoms with E-state index in [-0.39, 0.29) is 0 Å². The summed E-state index contributed by atoms with van der Waals surface area (Å²) in [4.78, 5) is 9.69. The summed E-state index contributed by atoms with van der Waals surface area (Å²) in [7, 11) is 0. The molecule has 33 valence electrons. The average molecular weight is 85.1 g/mol. The van der Waals surface area contributed by atoms with Crippen molar-refractivity contribution in [3.63, 3.8) is 0 Å². The van der Waals surface area contributed by atoms with Crippen LogP contribution in [0.4, 0.5) is 0 Å². The van der Waals surface area contributed by atoms with E-state index in [0.29, 0.717) is 0 Å². The second-order valence-corrected chi connectivity index (χ2v) is 0.805. The third kappa shape index (κ3) is 3.21. The summed E-state index contributed by atoms with van der Waals surface area (Å²) in [5.41, 5.74) is 4.64. The Balaban J connectivity index is 3.05. The molecule has 0 heterocycles. The van der Waals surface area contributed by atoms with Crippen LogP contribution in [0.3, 0.4) is 0 Å². The molecule has 2 N–H and O–H groups in total. The molecule has 0 saturated carbocycles. The molecule has 0 aromatic heterocycles. The van der Waals surface area contributed by atoms with Gasteiger partial charge in [0.05, 0.1) is 6.42 Å². The molecule has 0 spiro atoms. The first-order valence-corrected chi connectivity index (χ1v) is 1.52. The number of hydrogen-bond acceptors (Lipinski definition) is 1. The Labute approximate surface area is 36.6 Å². The molecule has 0 rings (SSSR count).